The summed E-state index contributed by atoms with van der Waals surface area (Å²) in [7, 11) is 0. The van der Waals surface area contributed by atoms with Gasteiger partial charge < -0.3 is 18.3 Å². The molecule has 4 heterocycles. The van der Waals surface area contributed by atoms with Gasteiger partial charge in [-0.05, 0) is 205 Å². The van der Waals surface area contributed by atoms with Crippen LogP contribution in [0, 0.1) is 0 Å². The Labute approximate surface area is 590 Å². The summed E-state index contributed by atoms with van der Waals surface area (Å²) in [6.07, 6.45) is 0. The van der Waals surface area contributed by atoms with E-state index in [1.165, 1.54) is 176 Å². The standard InChI is InChI=1S/C50H32N2.C48H32N2/c1-3-12-33(13-4-1)36-16-11-19-40(30-36)52-46-27-25-38(32-44(46)50-42-21-10-8-15-35(42)23-29-48(50)52)37-24-26-45-43(31-37)49-41-20-9-7-14-34(41)22-28-47(49)51(45)39-17-5-2-6-18-39;1-4-14-33(15-5-1)37-28-38(34-16-6-2-7-17-34)30-40(29-37)50-46-23-13-11-21-42(46)44-32-36(25-27-48(44)50)35-24-26-47-43(31-35)41-20-10-12-22-45(41)49(47)39-18-8-3-9-19-39/h1-32H;1-32H. The van der Waals surface area contributed by atoms with Crippen molar-refractivity contribution < 1.29 is 0 Å². The first kappa shape index (κ1) is 58.6. The monoisotopic (exact) mass is 1300 g/mol. The maximum Gasteiger partial charge on any atom is 0.0547 e. The number of nitrogens with zero attached hydrogens (tertiary/aromatic N) is 4. The highest BCUT2D eigenvalue weighted by atomic mass is 15.0. The van der Waals surface area contributed by atoms with E-state index in [2.05, 4.69) is 407 Å². The van der Waals surface area contributed by atoms with E-state index >= 15 is 0 Å². The number of hydrogen-bond acceptors (Lipinski definition) is 0. The van der Waals surface area contributed by atoms with Gasteiger partial charge >= 0.3 is 0 Å². The van der Waals surface area contributed by atoms with Gasteiger partial charge in [-0.3, -0.25) is 0 Å². The fourth-order valence-electron chi connectivity index (χ4n) is 16.3. The average Bonchev–Trinajstić information content (AvgIpc) is 1.57. The summed E-state index contributed by atoms with van der Waals surface area (Å²) in [4.78, 5) is 0. The molecule has 0 saturated heterocycles. The molecular weight excluding hydrogens is 1230 g/mol. The molecule has 0 saturated carbocycles. The minimum absolute atomic E-state index is 1.15. The second-order valence-electron chi connectivity index (χ2n) is 26.8. The number of benzene rings is 17. The molecular formula is C98H64N4. The van der Waals surface area contributed by atoms with Gasteiger partial charge in [-0.2, -0.15) is 0 Å². The molecule has 0 spiro atoms. The number of aromatic nitrogens is 4. The van der Waals surface area contributed by atoms with Crippen molar-refractivity contribution in [3.05, 3.63) is 388 Å². The largest absolute Gasteiger partial charge is 0.309 e. The number of hydrogen-bond donors (Lipinski definition) is 0. The van der Waals surface area contributed by atoms with Crippen molar-refractivity contribution in [1.29, 1.82) is 0 Å². The lowest BCUT2D eigenvalue weighted by molar-refractivity contribution is 1.18. The van der Waals surface area contributed by atoms with Crippen LogP contribution >= 0.6 is 0 Å². The van der Waals surface area contributed by atoms with Crippen molar-refractivity contribution in [1.82, 2.24) is 18.3 Å². The highest BCUT2D eigenvalue weighted by Crippen LogP contribution is 2.45. The van der Waals surface area contributed by atoms with E-state index < -0.39 is 0 Å². The lowest BCUT2D eigenvalue weighted by atomic mass is 9.98. The molecule has 21 rings (SSSR count). The lowest BCUT2D eigenvalue weighted by Crippen LogP contribution is -1.96. The first-order valence-electron chi connectivity index (χ1n) is 35.1. The fraction of sp³-hybridized carbons (Fsp3) is 0. The lowest BCUT2D eigenvalue weighted by Gasteiger charge is -2.14. The van der Waals surface area contributed by atoms with Crippen LogP contribution in [0.3, 0.4) is 0 Å². The summed E-state index contributed by atoms with van der Waals surface area (Å²) in [5.74, 6) is 0. The first-order chi connectivity index (χ1) is 50.6. The van der Waals surface area contributed by atoms with Crippen molar-refractivity contribution >= 4 is 109 Å². The third-order valence-corrected chi connectivity index (χ3v) is 21.0. The Kier molecular flexibility index (Phi) is 13.9. The van der Waals surface area contributed by atoms with Crippen molar-refractivity contribution in [2.45, 2.75) is 0 Å². The third-order valence-electron chi connectivity index (χ3n) is 21.0. The zero-order valence-corrected chi connectivity index (χ0v) is 55.7. The van der Waals surface area contributed by atoms with Crippen molar-refractivity contribution in [3.8, 4) is 78.4 Å². The van der Waals surface area contributed by atoms with Crippen molar-refractivity contribution in [3.63, 3.8) is 0 Å². The van der Waals surface area contributed by atoms with Gasteiger partial charge in [0.2, 0.25) is 0 Å². The Morgan fingerprint density at radius 1 is 0.127 bits per heavy atom. The molecule has 4 aromatic heterocycles. The topological polar surface area (TPSA) is 19.7 Å². The summed E-state index contributed by atoms with van der Waals surface area (Å²) in [6.45, 7) is 0. The van der Waals surface area contributed by atoms with Crippen LogP contribution in [0.1, 0.15) is 0 Å². The minimum atomic E-state index is 1.15. The summed E-state index contributed by atoms with van der Waals surface area (Å²) in [5, 5.41) is 15.2. The summed E-state index contributed by atoms with van der Waals surface area (Å²) in [6, 6.07) is 141. The quantitative estimate of drug-likeness (QED) is 0.137. The van der Waals surface area contributed by atoms with Gasteiger partial charge in [-0.1, -0.05) is 261 Å². The number of rotatable bonds is 9. The predicted molar refractivity (Wildman–Crippen MR) is 432 cm³/mol. The van der Waals surface area contributed by atoms with Crippen LogP contribution < -0.4 is 0 Å². The molecule has 0 radical (unpaired) electrons. The van der Waals surface area contributed by atoms with E-state index in [-0.39, 0.29) is 0 Å². The first-order valence-corrected chi connectivity index (χ1v) is 35.1. The highest BCUT2D eigenvalue weighted by Gasteiger charge is 2.22. The average molecular weight is 1300 g/mol. The third kappa shape index (κ3) is 9.75. The maximum absolute atomic E-state index is 2.44. The van der Waals surface area contributed by atoms with Gasteiger partial charge in [-0.15, -0.1) is 0 Å². The summed E-state index contributed by atoms with van der Waals surface area (Å²) < 4.78 is 9.66. The molecule has 0 unspecified atom stereocenters. The molecule has 4 nitrogen and oxygen atoms in total. The predicted octanol–water partition coefficient (Wildman–Crippen LogP) is 26.4. The van der Waals surface area contributed by atoms with E-state index in [9.17, 15) is 0 Å². The molecule has 0 aliphatic rings. The van der Waals surface area contributed by atoms with Crippen molar-refractivity contribution in [2.75, 3.05) is 0 Å². The van der Waals surface area contributed by atoms with Crippen LogP contribution in [-0.4, -0.2) is 18.3 Å². The molecule has 0 fully saturated rings. The molecule has 0 amide bonds. The molecule has 0 aliphatic heterocycles. The van der Waals surface area contributed by atoms with Gasteiger partial charge in [0, 0.05) is 65.8 Å². The smallest absolute Gasteiger partial charge is 0.0547 e. The zero-order valence-electron chi connectivity index (χ0n) is 55.7. The zero-order chi connectivity index (χ0) is 67.2. The SMILES string of the molecule is c1ccc(-c2cc(-c3ccccc3)cc(-n3c4ccccc4c4cc(-c5ccc6c(c5)c5ccccc5n6-c5ccccc5)ccc43)c2)cc1.c1ccc(-c2cccc(-n3c4ccc(-c5ccc6c(c5)c5c7ccccc7ccc5n6-c5ccccc5)cc4c4c5ccccc5ccc43)c2)cc1. The van der Waals surface area contributed by atoms with Crippen LogP contribution in [0.2, 0.25) is 0 Å². The molecule has 0 N–H and O–H groups in total. The van der Waals surface area contributed by atoms with Crippen LogP contribution in [0.15, 0.2) is 388 Å². The fourth-order valence-corrected chi connectivity index (χ4v) is 16.3. The van der Waals surface area contributed by atoms with E-state index in [4.69, 9.17) is 0 Å². The Morgan fingerprint density at radius 2 is 0.412 bits per heavy atom. The molecule has 102 heavy (non-hydrogen) atoms. The number of fused-ring (bicyclic) bond motifs is 16. The second-order valence-corrected chi connectivity index (χ2v) is 26.8. The molecule has 0 bridgehead atoms. The molecule has 0 aliphatic carbocycles. The number of para-hydroxylation sites is 4. The molecule has 0 atom stereocenters. The van der Waals surface area contributed by atoms with Crippen LogP contribution in [-0.2, 0) is 0 Å². The highest BCUT2D eigenvalue weighted by molar-refractivity contribution is 6.24. The normalized spacial score (nSPS) is 11.7. The summed E-state index contributed by atoms with van der Waals surface area (Å²) in [5.41, 5.74) is 26.4. The molecule has 17 aromatic carbocycles. The van der Waals surface area contributed by atoms with Gasteiger partial charge in [0.25, 0.3) is 0 Å². The van der Waals surface area contributed by atoms with Crippen LogP contribution in [0.4, 0.5) is 0 Å². The molecule has 476 valence electrons. The Morgan fingerprint density at radius 3 is 0.863 bits per heavy atom. The molecule has 21 aromatic rings. The maximum atomic E-state index is 2.44. The van der Waals surface area contributed by atoms with Crippen LogP contribution in [0.5, 0.6) is 0 Å². The van der Waals surface area contributed by atoms with Crippen molar-refractivity contribution in [2.24, 2.45) is 0 Å². The molecule has 4 heteroatoms. The van der Waals surface area contributed by atoms with Crippen LogP contribution in [0.25, 0.3) is 187 Å². The Hall–Kier alpha value is -13.5. The van der Waals surface area contributed by atoms with Gasteiger partial charge in [0.05, 0.1) is 44.1 Å². The Balaban J connectivity index is 0.000000137. The van der Waals surface area contributed by atoms with E-state index in [1.807, 2.05) is 0 Å². The van der Waals surface area contributed by atoms with Gasteiger partial charge in [0.15, 0.2) is 0 Å². The second kappa shape index (κ2) is 24.2. The van der Waals surface area contributed by atoms with Gasteiger partial charge in [0.1, 0.15) is 0 Å². The van der Waals surface area contributed by atoms with E-state index in [0.717, 1.165) is 11.4 Å². The minimum Gasteiger partial charge on any atom is -0.309 e. The van der Waals surface area contributed by atoms with E-state index in [1.54, 1.807) is 0 Å². The summed E-state index contributed by atoms with van der Waals surface area (Å²) >= 11 is 0. The Bertz CT molecular complexity index is 6780. The van der Waals surface area contributed by atoms with E-state index in [0.29, 0.717) is 0 Å². The van der Waals surface area contributed by atoms with Gasteiger partial charge in [-0.25, -0.2) is 0 Å².